The number of nitrogens with one attached hydrogen (secondary N) is 1. The molecule has 14 heavy (non-hydrogen) atoms. The second-order valence-corrected chi connectivity index (χ2v) is 4.03. The maximum Gasteiger partial charge on any atom is 0.0410 e. The summed E-state index contributed by atoms with van der Waals surface area (Å²) >= 11 is 0. The number of benzene rings is 1. The molecule has 1 aliphatic heterocycles. The Morgan fingerprint density at radius 3 is 3.21 bits per heavy atom. The molecule has 0 aromatic heterocycles. The number of rotatable bonds is 2. The predicted octanol–water partition coefficient (Wildman–Crippen LogP) is 3.16. The smallest absolute Gasteiger partial charge is 0.0410 e. The molecule has 1 unspecified atom stereocenters. The average Bonchev–Trinajstić information content (AvgIpc) is 2.19. The van der Waals surface area contributed by atoms with Gasteiger partial charge in [-0.3, -0.25) is 0 Å². The van der Waals surface area contributed by atoms with Crippen LogP contribution in [0.25, 0.3) is 0 Å². The van der Waals surface area contributed by atoms with Crippen molar-refractivity contribution in [3.8, 4) is 0 Å². The van der Waals surface area contributed by atoms with Gasteiger partial charge in [0.2, 0.25) is 0 Å². The minimum Gasteiger partial charge on any atom is -0.382 e. The Morgan fingerprint density at radius 1 is 1.57 bits per heavy atom. The standard InChI is InChI=1S/C13H17N/c1-3-5-11-6-4-7-12-9-8-10(2)14-13(11)12/h3-4,6-7,10,14H,1,5,8-9H2,2H3. The molecule has 1 heteroatoms. The van der Waals surface area contributed by atoms with Crippen molar-refractivity contribution < 1.29 is 0 Å². The lowest BCUT2D eigenvalue weighted by Crippen LogP contribution is -2.22. The molecule has 1 atom stereocenters. The van der Waals surface area contributed by atoms with E-state index in [1.54, 1.807) is 0 Å². The quantitative estimate of drug-likeness (QED) is 0.701. The van der Waals surface area contributed by atoms with E-state index in [0.717, 1.165) is 6.42 Å². The summed E-state index contributed by atoms with van der Waals surface area (Å²) in [5.41, 5.74) is 4.19. The maximum absolute atomic E-state index is 3.80. The van der Waals surface area contributed by atoms with Crippen LogP contribution in [0.4, 0.5) is 5.69 Å². The van der Waals surface area contributed by atoms with E-state index in [1.807, 2.05) is 6.08 Å². The minimum atomic E-state index is 0.605. The third-order valence-electron chi connectivity index (χ3n) is 2.84. The Kier molecular flexibility index (Phi) is 2.58. The van der Waals surface area contributed by atoms with Crippen LogP contribution in [-0.4, -0.2) is 6.04 Å². The average molecular weight is 187 g/mol. The largest absolute Gasteiger partial charge is 0.382 e. The summed E-state index contributed by atoms with van der Waals surface area (Å²) in [7, 11) is 0. The minimum absolute atomic E-state index is 0.605. The molecule has 0 saturated carbocycles. The number of allylic oxidation sites excluding steroid dienone is 1. The number of anilines is 1. The zero-order chi connectivity index (χ0) is 9.97. The van der Waals surface area contributed by atoms with Crippen LogP contribution >= 0.6 is 0 Å². The summed E-state index contributed by atoms with van der Waals surface area (Å²) in [6.45, 7) is 6.04. The summed E-state index contributed by atoms with van der Waals surface area (Å²) in [5, 5.41) is 3.57. The van der Waals surface area contributed by atoms with Crippen molar-refractivity contribution in [2.75, 3.05) is 5.32 Å². The third kappa shape index (κ3) is 1.67. The van der Waals surface area contributed by atoms with Crippen LogP contribution in [0.2, 0.25) is 0 Å². The first-order chi connectivity index (χ1) is 6.81. The summed E-state index contributed by atoms with van der Waals surface area (Å²) in [6, 6.07) is 7.16. The third-order valence-corrected chi connectivity index (χ3v) is 2.84. The van der Waals surface area contributed by atoms with Crippen LogP contribution in [0.3, 0.4) is 0 Å². The number of para-hydroxylation sites is 1. The molecule has 0 aliphatic carbocycles. The van der Waals surface area contributed by atoms with Crippen molar-refractivity contribution in [2.24, 2.45) is 0 Å². The molecule has 1 aromatic rings. The predicted molar refractivity (Wildman–Crippen MR) is 61.7 cm³/mol. The van der Waals surface area contributed by atoms with Gasteiger partial charge >= 0.3 is 0 Å². The summed E-state index contributed by atoms with van der Waals surface area (Å²) < 4.78 is 0. The Balaban J connectivity index is 2.38. The maximum atomic E-state index is 3.80. The molecule has 0 saturated heterocycles. The fraction of sp³-hybridized carbons (Fsp3) is 0.385. The molecule has 0 bridgehead atoms. The van der Waals surface area contributed by atoms with E-state index in [-0.39, 0.29) is 0 Å². The molecular weight excluding hydrogens is 170 g/mol. The van der Waals surface area contributed by atoms with Crippen molar-refractivity contribution >= 4 is 5.69 Å². The van der Waals surface area contributed by atoms with Crippen LogP contribution in [-0.2, 0) is 12.8 Å². The van der Waals surface area contributed by atoms with Gasteiger partial charge in [-0.2, -0.15) is 0 Å². The topological polar surface area (TPSA) is 12.0 Å². The lowest BCUT2D eigenvalue weighted by molar-refractivity contribution is 0.679. The molecule has 0 radical (unpaired) electrons. The first-order valence-electron chi connectivity index (χ1n) is 5.29. The van der Waals surface area contributed by atoms with Gasteiger partial charge in [-0.1, -0.05) is 24.3 Å². The summed E-state index contributed by atoms with van der Waals surface area (Å²) in [5.74, 6) is 0. The molecule has 0 fully saturated rings. The van der Waals surface area contributed by atoms with Crippen molar-refractivity contribution in [3.63, 3.8) is 0 Å². The molecule has 1 N–H and O–H groups in total. The Labute approximate surface area is 85.8 Å². The molecule has 1 aliphatic rings. The van der Waals surface area contributed by atoms with Crippen LogP contribution in [0.1, 0.15) is 24.5 Å². The summed E-state index contributed by atoms with van der Waals surface area (Å²) in [4.78, 5) is 0. The lowest BCUT2D eigenvalue weighted by atomic mass is 9.95. The highest BCUT2D eigenvalue weighted by Gasteiger charge is 2.15. The zero-order valence-corrected chi connectivity index (χ0v) is 8.72. The van der Waals surface area contributed by atoms with Crippen molar-refractivity contribution in [3.05, 3.63) is 42.0 Å². The molecule has 0 amide bonds. The monoisotopic (exact) mass is 187 g/mol. The van der Waals surface area contributed by atoms with Crippen LogP contribution < -0.4 is 5.32 Å². The zero-order valence-electron chi connectivity index (χ0n) is 8.72. The van der Waals surface area contributed by atoms with Gasteiger partial charge in [0, 0.05) is 11.7 Å². The Hall–Kier alpha value is -1.24. The Morgan fingerprint density at radius 2 is 2.43 bits per heavy atom. The van der Waals surface area contributed by atoms with E-state index < -0.39 is 0 Å². The van der Waals surface area contributed by atoms with E-state index in [1.165, 1.54) is 29.7 Å². The first kappa shape index (κ1) is 9.32. The van der Waals surface area contributed by atoms with Gasteiger partial charge in [0.1, 0.15) is 0 Å². The van der Waals surface area contributed by atoms with Gasteiger partial charge in [-0.15, -0.1) is 6.58 Å². The normalized spacial score (nSPS) is 19.6. The molecule has 2 rings (SSSR count). The second kappa shape index (κ2) is 3.87. The summed E-state index contributed by atoms with van der Waals surface area (Å²) in [6.07, 6.45) is 5.37. The molecule has 1 heterocycles. The van der Waals surface area contributed by atoms with Crippen molar-refractivity contribution in [1.82, 2.24) is 0 Å². The van der Waals surface area contributed by atoms with E-state index in [4.69, 9.17) is 0 Å². The molecule has 1 aromatic carbocycles. The second-order valence-electron chi connectivity index (χ2n) is 4.03. The van der Waals surface area contributed by atoms with Crippen LogP contribution in [0.15, 0.2) is 30.9 Å². The number of hydrogen-bond acceptors (Lipinski definition) is 1. The molecular formula is C13H17N. The van der Waals surface area contributed by atoms with Gasteiger partial charge in [-0.25, -0.2) is 0 Å². The van der Waals surface area contributed by atoms with Gasteiger partial charge < -0.3 is 5.32 Å². The number of fused-ring (bicyclic) bond motifs is 1. The number of hydrogen-bond donors (Lipinski definition) is 1. The van der Waals surface area contributed by atoms with Crippen molar-refractivity contribution in [2.45, 2.75) is 32.2 Å². The highest BCUT2D eigenvalue weighted by Crippen LogP contribution is 2.28. The Bertz CT molecular complexity index is 341. The highest BCUT2D eigenvalue weighted by atomic mass is 14.9. The fourth-order valence-electron chi connectivity index (χ4n) is 2.06. The van der Waals surface area contributed by atoms with E-state index in [2.05, 4.69) is 37.0 Å². The van der Waals surface area contributed by atoms with Crippen LogP contribution in [0.5, 0.6) is 0 Å². The van der Waals surface area contributed by atoms with Crippen molar-refractivity contribution in [1.29, 1.82) is 0 Å². The molecule has 1 nitrogen and oxygen atoms in total. The van der Waals surface area contributed by atoms with E-state index in [9.17, 15) is 0 Å². The van der Waals surface area contributed by atoms with Gasteiger partial charge in [0.25, 0.3) is 0 Å². The SMILES string of the molecule is C=CCc1cccc2c1NC(C)CC2. The van der Waals surface area contributed by atoms with Gasteiger partial charge in [0.05, 0.1) is 0 Å². The van der Waals surface area contributed by atoms with Gasteiger partial charge in [0.15, 0.2) is 0 Å². The molecule has 0 spiro atoms. The molecule has 74 valence electrons. The van der Waals surface area contributed by atoms with Gasteiger partial charge in [-0.05, 0) is 37.3 Å². The van der Waals surface area contributed by atoms with E-state index >= 15 is 0 Å². The fourth-order valence-corrected chi connectivity index (χ4v) is 2.06. The highest BCUT2D eigenvalue weighted by molar-refractivity contribution is 5.60. The first-order valence-corrected chi connectivity index (χ1v) is 5.29. The number of aryl methyl sites for hydroxylation is 1. The van der Waals surface area contributed by atoms with Crippen LogP contribution in [0, 0.1) is 0 Å². The van der Waals surface area contributed by atoms with E-state index in [0.29, 0.717) is 6.04 Å². The lowest BCUT2D eigenvalue weighted by Gasteiger charge is -2.26.